The van der Waals surface area contributed by atoms with Crippen LogP contribution < -0.4 is 22.1 Å². The summed E-state index contributed by atoms with van der Waals surface area (Å²) in [5, 5.41) is 0.643. The lowest BCUT2D eigenvalue weighted by Gasteiger charge is -2.42. The number of pyridine rings is 1. The molecule has 0 unspecified atom stereocenters. The van der Waals surface area contributed by atoms with Gasteiger partial charge in [0, 0.05) is 35.8 Å². The summed E-state index contributed by atoms with van der Waals surface area (Å²) < 4.78 is 0. The van der Waals surface area contributed by atoms with Gasteiger partial charge in [-0.1, -0.05) is 42.6 Å². The van der Waals surface area contributed by atoms with Gasteiger partial charge >= 0.3 is 0 Å². The van der Waals surface area contributed by atoms with E-state index in [-0.39, 0.29) is 11.5 Å². The number of hydrogen-bond acceptors (Lipinski definition) is 8. The molecule has 8 heteroatoms. The van der Waals surface area contributed by atoms with E-state index in [1.165, 1.54) is 22.9 Å². The Morgan fingerprint density at radius 3 is 2.61 bits per heavy atom. The minimum Gasteiger partial charge on any atom is -0.383 e. The summed E-state index contributed by atoms with van der Waals surface area (Å²) in [6, 6.07) is 10.6. The second-order valence-electron chi connectivity index (χ2n) is 8.95. The molecule has 5 rings (SSSR count). The largest absolute Gasteiger partial charge is 0.383 e. The number of hydrogen-bond donors (Lipinski definition) is 3. The van der Waals surface area contributed by atoms with Crippen molar-refractivity contribution in [1.29, 1.82) is 0 Å². The van der Waals surface area contributed by atoms with E-state index in [2.05, 4.69) is 40.7 Å². The number of benzene rings is 1. The summed E-state index contributed by atoms with van der Waals surface area (Å²) in [6.45, 7) is 7.64. The molecule has 2 aliphatic rings. The third-order valence-electron chi connectivity index (χ3n) is 7.14. The molecule has 33 heavy (non-hydrogen) atoms. The predicted octanol–water partition coefficient (Wildman–Crippen LogP) is 3.98. The first kappa shape index (κ1) is 21.7. The molecule has 1 fully saturated rings. The summed E-state index contributed by atoms with van der Waals surface area (Å²) >= 11 is 1.45. The van der Waals surface area contributed by atoms with Crippen LogP contribution in [0.4, 0.5) is 17.5 Å². The second kappa shape index (κ2) is 8.35. The van der Waals surface area contributed by atoms with Gasteiger partial charge in [0.05, 0.1) is 0 Å². The van der Waals surface area contributed by atoms with E-state index in [0.29, 0.717) is 16.7 Å². The number of fused-ring (bicyclic) bond motifs is 1. The summed E-state index contributed by atoms with van der Waals surface area (Å²) in [7, 11) is 0. The van der Waals surface area contributed by atoms with E-state index in [0.717, 1.165) is 54.3 Å². The van der Waals surface area contributed by atoms with Crippen molar-refractivity contribution < 1.29 is 0 Å². The Balaban J connectivity index is 1.37. The molecule has 6 N–H and O–H groups in total. The van der Waals surface area contributed by atoms with Crippen molar-refractivity contribution in [3.8, 4) is 0 Å². The molecule has 3 aromatic rings. The van der Waals surface area contributed by atoms with Crippen LogP contribution in [0.1, 0.15) is 41.3 Å². The van der Waals surface area contributed by atoms with E-state index in [9.17, 15) is 0 Å². The van der Waals surface area contributed by atoms with Gasteiger partial charge < -0.3 is 22.1 Å². The van der Waals surface area contributed by atoms with Gasteiger partial charge in [-0.3, -0.25) is 0 Å². The van der Waals surface area contributed by atoms with Crippen molar-refractivity contribution in [3.05, 3.63) is 65.5 Å². The van der Waals surface area contributed by atoms with Crippen molar-refractivity contribution in [2.75, 3.05) is 29.5 Å². The van der Waals surface area contributed by atoms with Crippen molar-refractivity contribution in [2.45, 2.75) is 42.1 Å². The van der Waals surface area contributed by atoms with Gasteiger partial charge in [0.1, 0.15) is 16.5 Å². The van der Waals surface area contributed by atoms with Crippen LogP contribution in [0.2, 0.25) is 0 Å². The van der Waals surface area contributed by atoms with Crippen LogP contribution in [0, 0.1) is 12.3 Å². The summed E-state index contributed by atoms with van der Waals surface area (Å²) in [5.74, 6) is 1.69. The predicted molar refractivity (Wildman–Crippen MR) is 135 cm³/mol. The fourth-order valence-electron chi connectivity index (χ4n) is 5.10. The van der Waals surface area contributed by atoms with E-state index < -0.39 is 0 Å². The molecule has 0 amide bonds. The van der Waals surface area contributed by atoms with Crippen molar-refractivity contribution in [2.24, 2.45) is 11.1 Å². The van der Waals surface area contributed by atoms with E-state index in [1.54, 1.807) is 12.3 Å². The molecule has 0 bridgehead atoms. The zero-order chi connectivity index (χ0) is 23.2. The minimum atomic E-state index is 0.0840. The van der Waals surface area contributed by atoms with Crippen LogP contribution in [0.25, 0.3) is 6.08 Å². The topological polar surface area (TPSA) is 120 Å². The highest BCUT2D eigenvalue weighted by molar-refractivity contribution is 7.99. The molecule has 1 saturated heterocycles. The van der Waals surface area contributed by atoms with Gasteiger partial charge in [0.2, 0.25) is 0 Å². The van der Waals surface area contributed by atoms with Gasteiger partial charge in [-0.15, -0.1) is 0 Å². The Labute approximate surface area is 198 Å². The highest BCUT2D eigenvalue weighted by Gasteiger charge is 2.46. The Morgan fingerprint density at radius 2 is 1.88 bits per heavy atom. The molecule has 1 spiro atoms. The fraction of sp³-hybridized carbons (Fsp3) is 0.320. The minimum absolute atomic E-state index is 0.0840. The van der Waals surface area contributed by atoms with Gasteiger partial charge in [-0.2, -0.15) is 0 Å². The summed E-state index contributed by atoms with van der Waals surface area (Å²) in [5.41, 5.74) is 23.5. The lowest BCUT2D eigenvalue weighted by Crippen LogP contribution is -2.45. The van der Waals surface area contributed by atoms with Gasteiger partial charge in [0.25, 0.3) is 0 Å². The lowest BCUT2D eigenvalue weighted by molar-refractivity contribution is 0.187. The standard InChI is InChI=1S/C25H29N7S/c1-3-18-23(31-22(28)24(30-18)33-19-8-11-29-21(27)15(19)2)32-12-9-25(10-13-32)14-16-6-4-5-7-17(16)20(25)26/h3-8,11,20H,1,9-10,12-14,26H2,2H3,(H2,27,29)(H2,28,31)/t20-/m1/s1. The number of piperidine rings is 1. The number of nitrogens with two attached hydrogens (primary N) is 3. The van der Waals surface area contributed by atoms with Gasteiger partial charge in [-0.05, 0) is 54.9 Å². The van der Waals surface area contributed by atoms with E-state index in [1.807, 2.05) is 13.0 Å². The first-order chi connectivity index (χ1) is 15.9. The average molecular weight is 460 g/mol. The second-order valence-corrected chi connectivity index (χ2v) is 9.98. The average Bonchev–Trinajstić information content (AvgIpc) is 3.09. The molecule has 2 aromatic heterocycles. The molecule has 3 heterocycles. The lowest BCUT2D eigenvalue weighted by atomic mass is 9.73. The molecule has 0 radical (unpaired) electrons. The third-order valence-corrected chi connectivity index (χ3v) is 8.30. The first-order valence-corrected chi connectivity index (χ1v) is 12.0. The Kier molecular flexibility index (Phi) is 5.50. The number of anilines is 3. The van der Waals surface area contributed by atoms with Crippen molar-refractivity contribution >= 4 is 35.3 Å². The molecule has 170 valence electrons. The zero-order valence-electron chi connectivity index (χ0n) is 18.8. The summed E-state index contributed by atoms with van der Waals surface area (Å²) in [6.07, 6.45) is 6.50. The Morgan fingerprint density at radius 1 is 1.12 bits per heavy atom. The van der Waals surface area contributed by atoms with Crippen LogP contribution in [0.15, 0.2) is 53.0 Å². The number of rotatable bonds is 4. The van der Waals surface area contributed by atoms with Crippen molar-refractivity contribution in [1.82, 2.24) is 15.0 Å². The highest BCUT2D eigenvalue weighted by Crippen LogP contribution is 2.51. The SMILES string of the molecule is C=Cc1nc(Sc2ccnc(N)c2C)c(N)nc1N1CCC2(CC1)Cc1ccccc1[C@H]2N. The quantitative estimate of drug-likeness (QED) is 0.536. The summed E-state index contributed by atoms with van der Waals surface area (Å²) in [4.78, 5) is 16.9. The third kappa shape index (κ3) is 3.73. The Bertz CT molecular complexity index is 1220. The van der Waals surface area contributed by atoms with Crippen LogP contribution in [0.3, 0.4) is 0 Å². The molecule has 7 nitrogen and oxygen atoms in total. The molecule has 0 saturated carbocycles. The maximum absolute atomic E-state index is 6.74. The number of aromatic nitrogens is 3. The molecule has 1 aliphatic heterocycles. The molecular formula is C25H29N7S. The zero-order valence-corrected chi connectivity index (χ0v) is 19.6. The van der Waals surface area contributed by atoms with E-state index in [4.69, 9.17) is 27.2 Å². The number of nitrogen functional groups attached to an aromatic ring is 2. The fourth-order valence-corrected chi connectivity index (χ4v) is 5.99. The maximum Gasteiger partial charge on any atom is 0.158 e. The first-order valence-electron chi connectivity index (χ1n) is 11.2. The van der Waals surface area contributed by atoms with Crippen molar-refractivity contribution in [3.63, 3.8) is 0 Å². The smallest absolute Gasteiger partial charge is 0.158 e. The monoisotopic (exact) mass is 459 g/mol. The number of nitrogens with zero attached hydrogens (tertiary/aromatic N) is 4. The van der Waals surface area contributed by atoms with Crippen LogP contribution in [-0.2, 0) is 6.42 Å². The highest BCUT2D eigenvalue weighted by atomic mass is 32.2. The maximum atomic E-state index is 6.74. The van der Waals surface area contributed by atoms with Crippen LogP contribution in [-0.4, -0.2) is 28.0 Å². The van der Waals surface area contributed by atoms with Crippen LogP contribution in [0.5, 0.6) is 0 Å². The normalized spacial score (nSPS) is 19.0. The molecule has 1 atom stereocenters. The van der Waals surface area contributed by atoms with Gasteiger partial charge in [0.15, 0.2) is 11.6 Å². The molecular weight excluding hydrogens is 430 g/mol. The molecule has 1 aliphatic carbocycles. The van der Waals surface area contributed by atoms with E-state index >= 15 is 0 Å². The molecule has 1 aromatic carbocycles. The van der Waals surface area contributed by atoms with Crippen LogP contribution >= 0.6 is 11.8 Å². The Hall–Kier alpha value is -3.10. The van der Waals surface area contributed by atoms with Gasteiger partial charge in [-0.25, -0.2) is 15.0 Å².